The summed E-state index contributed by atoms with van der Waals surface area (Å²) in [5.41, 5.74) is 0. The molecule has 0 saturated heterocycles. The van der Waals surface area contributed by atoms with Crippen LogP contribution in [0.1, 0.15) is 19.8 Å². The van der Waals surface area contributed by atoms with Crippen molar-refractivity contribution in [3.05, 3.63) is 0 Å². The number of hydrogen-bond acceptors (Lipinski definition) is 6. The second-order valence-electron chi connectivity index (χ2n) is 4.14. The van der Waals surface area contributed by atoms with Crippen LogP contribution in [0.3, 0.4) is 0 Å². The van der Waals surface area contributed by atoms with Crippen molar-refractivity contribution in [2.45, 2.75) is 19.8 Å². The van der Waals surface area contributed by atoms with Gasteiger partial charge in [0.05, 0.1) is 59.5 Å². The highest BCUT2D eigenvalue weighted by molar-refractivity contribution is 7.80. The second kappa shape index (κ2) is 19.1. The summed E-state index contributed by atoms with van der Waals surface area (Å²) in [6.07, 6.45) is 2.28. The molecule has 0 aliphatic carbocycles. The molecule has 0 radical (unpaired) electrons. The van der Waals surface area contributed by atoms with Crippen LogP contribution in [0.4, 0.5) is 0 Å². The van der Waals surface area contributed by atoms with Gasteiger partial charge in [0.2, 0.25) is 0 Å². The normalized spacial score (nSPS) is 11.1. The van der Waals surface area contributed by atoms with Crippen molar-refractivity contribution in [1.82, 2.24) is 0 Å². The second-order valence-corrected chi connectivity index (χ2v) is 4.59. The van der Waals surface area contributed by atoms with E-state index in [1.165, 1.54) is 0 Å². The van der Waals surface area contributed by atoms with E-state index in [9.17, 15) is 0 Å². The minimum Gasteiger partial charge on any atom is -0.379 e. The summed E-state index contributed by atoms with van der Waals surface area (Å²) < 4.78 is 26.6. The molecular formula is C14H30O5S. The molecule has 0 spiro atoms. The first-order valence-electron chi connectivity index (χ1n) is 7.41. The summed E-state index contributed by atoms with van der Waals surface area (Å²) in [4.78, 5) is 0. The van der Waals surface area contributed by atoms with Crippen LogP contribution in [0.25, 0.3) is 0 Å². The number of rotatable bonds is 17. The van der Waals surface area contributed by atoms with Gasteiger partial charge in [-0.25, -0.2) is 0 Å². The van der Waals surface area contributed by atoms with Crippen molar-refractivity contribution in [2.75, 3.05) is 71.8 Å². The third-order valence-corrected chi connectivity index (χ3v) is 2.55. The Labute approximate surface area is 128 Å². The van der Waals surface area contributed by atoms with E-state index in [-0.39, 0.29) is 0 Å². The van der Waals surface area contributed by atoms with Crippen LogP contribution in [-0.4, -0.2) is 71.8 Å². The molecule has 0 fully saturated rings. The maximum Gasteiger partial charge on any atom is 0.0701 e. The Bertz CT molecular complexity index is 154. The Morgan fingerprint density at radius 1 is 0.550 bits per heavy atom. The van der Waals surface area contributed by atoms with Crippen molar-refractivity contribution >= 4 is 12.6 Å². The average Bonchev–Trinajstić information content (AvgIpc) is 2.47. The Balaban J connectivity index is 2.89. The predicted octanol–water partition coefficient (Wildman–Crippen LogP) is 1.80. The van der Waals surface area contributed by atoms with Gasteiger partial charge < -0.3 is 23.7 Å². The van der Waals surface area contributed by atoms with Crippen LogP contribution in [-0.2, 0) is 23.7 Å². The minimum atomic E-state index is 0.586. The zero-order valence-electron chi connectivity index (χ0n) is 12.7. The lowest BCUT2D eigenvalue weighted by Gasteiger charge is -2.07. The van der Waals surface area contributed by atoms with Gasteiger partial charge in [-0.2, -0.15) is 12.6 Å². The summed E-state index contributed by atoms with van der Waals surface area (Å²) in [7, 11) is 0. The van der Waals surface area contributed by atoms with E-state index in [2.05, 4.69) is 19.6 Å². The Morgan fingerprint density at radius 3 is 1.25 bits per heavy atom. The van der Waals surface area contributed by atoms with Crippen molar-refractivity contribution < 1.29 is 23.7 Å². The first kappa shape index (κ1) is 20.1. The van der Waals surface area contributed by atoms with Crippen LogP contribution >= 0.6 is 12.6 Å². The fraction of sp³-hybridized carbons (Fsp3) is 1.00. The average molecular weight is 310 g/mol. The zero-order valence-corrected chi connectivity index (χ0v) is 13.6. The van der Waals surface area contributed by atoms with Gasteiger partial charge in [-0.15, -0.1) is 0 Å². The molecule has 0 N–H and O–H groups in total. The van der Waals surface area contributed by atoms with E-state index in [0.29, 0.717) is 59.5 Å². The van der Waals surface area contributed by atoms with E-state index in [1.54, 1.807) is 0 Å². The maximum absolute atomic E-state index is 5.37. The van der Waals surface area contributed by atoms with E-state index in [0.717, 1.165) is 25.2 Å². The molecule has 0 unspecified atom stereocenters. The largest absolute Gasteiger partial charge is 0.379 e. The molecule has 0 bridgehead atoms. The predicted molar refractivity (Wildman–Crippen MR) is 82.9 cm³/mol. The van der Waals surface area contributed by atoms with Crippen LogP contribution < -0.4 is 0 Å². The zero-order chi connectivity index (χ0) is 14.7. The quantitative estimate of drug-likeness (QED) is 0.328. The molecule has 0 aliphatic rings. The minimum absolute atomic E-state index is 0.586. The molecule has 0 rings (SSSR count). The fourth-order valence-electron chi connectivity index (χ4n) is 1.29. The molecule has 0 heterocycles. The lowest BCUT2D eigenvalue weighted by molar-refractivity contribution is -0.0102. The molecule has 0 saturated carbocycles. The summed E-state index contributed by atoms with van der Waals surface area (Å²) in [5.74, 6) is 0.743. The number of hydrogen-bond donors (Lipinski definition) is 1. The first-order chi connectivity index (χ1) is 9.91. The molecule has 20 heavy (non-hydrogen) atoms. The third-order valence-electron chi connectivity index (χ3n) is 2.37. The number of ether oxygens (including phenoxy) is 5. The highest BCUT2D eigenvalue weighted by Crippen LogP contribution is 1.88. The third kappa shape index (κ3) is 18.1. The summed E-state index contributed by atoms with van der Waals surface area (Å²) >= 11 is 4.04. The molecular weight excluding hydrogens is 280 g/mol. The molecule has 0 aromatic carbocycles. The Hall–Kier alpha value is 0.150. The van der Waals surface area contributed by atoms with E-state index in [4.69, 9.17) is 23.7 Å². The van der Waals surface area contributed by atoms with Gasteiger partial charge in [0.1, 0.15) is 0 Å². The SMILES string of the molecule is CCCCOCCOCCOCCOCCOCCS. The smallest absolute Gasteiger partial charge is 0.0701 e. The molecule has 6 heteroatoms. The van der Waals surface area contributed by atoms with Crippen LogP contribution in [0, 0.1) is 0 Å². The Morgan fingerprint density at radius 2 is 0.900 bits per heavy atom. The van der Waals surface area contributed by atoms with Gasteiger partial charge in [-0.05, 0) is 6.42 Å². The maximum atomic E-state index is 5.37. The molecule has 0 amide bonds. The molecule has 0 atom stereocenters. The van der Waals surface area contributed by atoms with E-state index in [1.807, 2.05) is 0 Å². The van der Waals surface area contributed by atoms with Crippen molar-refractivity contribution in [1.29, 1.82) is 0 Å². The molecule has 5 nitrogen and oxygen atoms in total. The standard InChI is InChI=1S/C14H30O5S/c1-2-3-4-15-5-6-16-7-8-17-9-10-18-11-12-19-13-14-20/h20H,2-14H2,1H3. The van der Waals surface area contributed by atoms with Crippen LogP contribution in [0.5, 0.6) is 0 Å². The summed E-state index contributed by atoms with van der Waals surface area (Å²) in [6, 6.07) is 0. The summed E-state index contributed by atoms with van der Waals surface area (Å²) in [6.45, 7) is 8.51. The van der Waals surface area contributed by atoms with E-state index >= 15 is 0 Å². The first-order valence-corrected chi connectivity index (χ1v) is 8.04. The van der Waals surface area contributed by atoms with Gasteiger partial charge in [-0.1, -0.05) is 13.3 Å². The highest BCUT2D eigenvalue weighted by Gasteiger charge is 1.93. The van der Waals surface area contributed by atoms with Crippen LogP contribution in [0.2, 0.25) is 0 Å². The molecule has 0 aromatic rings. The van der Waals surface area contributed by atoms with Crippen LogP contribution in [0.15, 0.2) is 0 Å². The van der Waals surface area contributed by atoms with Gasteiger partial charge in [0.25, 0.3) is 0 Å². The topological polar surface area (TPSA) is 46.2 Å². The number of thiol groups is 1. The summed E-state index contributed by atoms with van der Waals surface area (Å²) in [5, 5.41) is 0. The molecule has 0 aliphatic heterocycles. The lowest BCUT2D eigenvalue weighted by Crippen LogP contribution is -2.13. The Kier molecular flexibility index (Phi) is 19.3. The van der Waals surface area contributed by atoms with Gasteiger partial charge in [0, 0.05) is 12.4 Å². The highest BCUT2D eigenvalue weighted by atomic mass is 32.1. The fourth-order valence-corrected chi connectivity index (χ4v) is 1.42. The molecule has 122 valence electrons. The van der Waals surface area contributed by atoms with E-state index < -0.39 is 0 Å². The number of unbranched alkanes of at least 4 members (excludes halogenated alkanes) is 1. The lowest BCUT2D eigenvalue weighted by atomic mass is 10.4. The van der Waals surface area contributed by atoms with Crippen molar-refractivity contribution in [2.24, 2.45) is 0 Å². The van der Waals surface area contributed by atoms with Gasteiger partial charge in [-0.3, -0.25) is 0 Å². The van der Waals surface area contributed by atoms with Crippen molar-refractivity contribution in [3.8, 4) is 0 Å². The molecule has 0 aromatic heterocycles. The van der Waals surface area contributed by atoms with Gasteiger partial charge >= 0.3 is 0 Å². The van der Waals surface area contributed by atoms with Crippen molar-refractivity contribution in [3.63, 3.8) is 0 Å². The monoisotopic (exact) mass is 310 g/mol. The van der Waals surface area contributed by atoms with Gasteiger partial charge in [0.15, 0.2) is 0 Å².